The van der Waals surface area contributed by atoms with E-state index in [9.17, 15) is 29.4 Å². The van der Waals surface area contributed by atoms with E-state index in [0.717, 1.165) is 51.4 Å². The molecule has 0 aromatic rings. The maximum absolute atomic E-state index is 12.2. The van der Waals surface area contributed by atoms with Gasteiger partial charge in [-0.1, -0.05) is 104 Å². The van der Waals surface area contributed by atoms with Crippen molar-refractivity contribution in [2.75, 3.05) is 39.6 Å². The first-order valence-corrected chi connectivity index (χ1v) is 18.7. The molecule has 0 aromatic heterocycles. The van der Waals surface area contributed by atoms with Crippen LogP contribution in [0.3, 0.4) is 0 Å². The second-order valence-corrected chi connectivity index (χ2v) is 12.9. The lowest BCUT2D eigenvalue weighted by Gasteiger charge is -2.28. The van der Waals surface area contributed by atoms with E-state index in [1.807, 2.05) is 0 Å². The zero-order valence-electron chi connectivity index (χ0n) is 29.9. The van der Waals surface area contributed by atoms with Crippen LogP contribution in [0.25, 0.3) is 0 Å². The smallest absolute Gasteiger partial charge is 0.305 e. The van der Waals surface area contributed by atoms with Crippen LogP contribution in [0.1, 0.15) is 168 Å². The summed E-state index contributed by atoms with van der Waals surface area (Å²) in [6, 6.07) is 0. The fraction of sp³-hybridized carbons (Fsp3) is 0.892. The molecule has 47 heavy (non-hydrogen) atoms. The van der Waals surface area contributed by atoms with Crippen molar-refractivity contribution >= 4 is 23.9 Å². The van der Waals surface area contributed by atoms with Gasteiger partial charge in [0, 0.05) is 25.7 Å². The van der Waals surface area contributed by atoms with E-state index in [4.69, 9.17) is 18.9 Å². The number of carbonyl (C=O) groups is 4. The number of rotatable bonds is 34. The van der Waals surface area contributed by atoms with E-state index >= 15 is 0 Å². The Morgan fingerprint density at radius 1 is 0.404 bits per heavy atom. The van der Waals surface area contributed by atoms with E-state index < -0.39 is 30.6 Å². The third-order valence-electron chi connectivity index (χ3n) is 8.29. The highest BCUT2D eigenvalue weighted by Crippen LogP contribution is 2.19. The quantitative estimate of drug-likeness (QED) is 0.0400. The largest absolute Gasteiger partial charge is 0.466 e. The van der Waals surface area contributed by atoms with Crippen LogP contribution in [-0.4, -0.2) is 73.7 Å². The normalized spacial score (nSPS) is 11.3. The lowest BCUT2D eigenvalue weighted by Crippen LogP contribution is -2.41. The fourth-order valence-electron chi connectivity index (χ4n) is 4.95. The van der Waals surface area contributed by atoms with Crippen molar-refractivity contribution in [1.29, 1.82) is 0 Å². The molecule has 0 unspecified atom stereocenters. The Balaban J connectivity index is 3.90. The summed E-state index contributed by atoms with van der Waals surface area (Å²) in [6.07, 6.45) is 20.7. The van der Waals surface area contributed by atoms with E-state index in [-0.39, 0.29) is 38.0 Å². The molecule has 276 valence electrons. The number of ether oxygens (including phenoxy) is 4. The second kappa shape index (κ2) is 32.4. The third-order valence-corrected chi connectivity index (χ3v) is 8.29. The molecule has 10 heteroatoms. The molecular weight excluding hydrogens is 604 g/mol. The average Bonchev–Trinajstić information content (AvgIpc) is 3.07. The molecule has 0 spiro atoms. The van der Waals surface area contributed by atoms with Gasteiger partial charge in [0.15, 0.2) is 0 Å². The maximum atomic E-state index is 12.2. The van der Waals surface area contributed by atoms with Gasteiger partial charge >= 0.3 is 23.9 Å². The number of esters is 4. The molecule has 0 rings (SSSR count). The Bertz CT molecular complexity index is 721. The van der Waals surface area contributed by atoms with Gasteiger partial charge in [0.1, 0.15) is 13.2 Å². The summed E-state index contributed by atoms with van der Waals surface area (Å²) in [5, 5.41) is 19.7. The van der Waals surface area contributed by atoms with Crippen molar-refractivity contribution in [1.82, 2.24) is 0 Å². The molecule has 0 amide bonds. The first kappa shape index (κ1) is 44.8. The summed E-state index contributed by atoms with van der Waals surface area (Å²) in [7, 11) is 0. The minimum Gasteiger partial charge on any atom is -0.466 e. The van der Waals surface area contributed by atoms with Gasteiger partial charge in [-0.3, -0.25) is 19.2 Å². The van der Waals surface area contributed by atoms with Gasteiger partial charge in [0.2, 0.25) is 0 Å². The molecule has 0 fully saturated rings. The first-order valence-electron chi connectivity index (χ1n) is 18.7. The molecule has 0 saturated carbocycles. The summed E-state index contributed by atoms with van der Waals surface area (Å²) in [5.41, 5.74) is -1.27. The minimum atomic E-state index is -1.27. The van der Waals surface area contributed by atoms with Gasteiger partial charge in [0.05, 0.1) is 31.8 Å². The zero-order chi connectivity index (χ0) is 34.9. The molecular formula is C37H68O10. The highest BCUT2D eigenvalue weighted by atomic mass is 16.6. The Kier molecular flexibility index (Phi) is 30.8. The van der Waals surface area contributed by atoms with E-state index in [1.54, 1.807) is 0 Å². The van der Waals surface area contributed by atoms with Crippen molar-refractivity contribution < 1.29 is 48.3 Å². The Morgan fingerprint density at radius 3 is 1.00 bits per heavy atom. The highest BCUT2D eigenvalue weighted by molar-refractivity contribution is 5.70. The lowest BCUT2D eigenvalue weighted by atomic mass is 9.92. The SMILES string of the molecule is CCCCCCCCOC(=O)CCCCCCC(=O)OCC(CO)(CO)COC(=O)CCCCCCC(=O)OCCCCCCCC. The topological polar surface area (TPSA) is 146 Å². The summed E-state index contributed by atoms with van der Waals surface area (Å²) in [4.78, 5) is 48.1. The summed E-state index contributed by atoms with van der Waals surface area (Å²) < 4.78 is 21.1. The van der Waals surface area contributed by atoms with E-state index in [1.165, 1.54) is 51.4 Å². The van der Waals surface area contributed by atoms with Gasteiger partial charge < -0.3 is 29.2 Å². The zero-order valence-corrected chi connectivity index (χ0v) is 29.9. The molecule has 0 aliphatic heterocycles. The molecule has 0 radical (unpaired) electrons. The van der Waals surface area contributed by atoms with Crippen molar-refractivity contribution in [2.24, 2.45) is 5.41 Å². The third kappa shape index (κ3) is 28.5. The van der Waals surface area contributed by atoms with Crippen molar-refractivity contribution in [3.05, 3.63) is 0 Å². The average molecular weight is 673 g/mol. The van der Waals surface area contributed by atoms with Gasteiger partial charge in [-0.2, -0.15) is 0 Å². The number of aliphatic hydroxyl groups excluding tert-OH is 2. The van der Waals surface area contributed by atoms with Crippen LogP contribution >= 0.6 is 0 Å². The van der Waals surface area contributed by atoms with Crippen LogP contribution in [0, 0.1) is 5.41 Å². The van der Waals surface area contributed by atoms with Crippen LogP contribution in [0.2, 0.25) is 0 Å². The number of carbonyl (C=O) groups excluding carboxylic acids is 4. The molecule has 0 saturated heterocycles. The molecule has 2 N–H and O–H groups in total. The summed E-state index contributed by atoms with van der Waals surface area (Å²) in [6.45, 7) is 3.81. The van der Waals surface area contributed by atoms with E-state index in [0.29, 0.717) is 51.7 Å². The Labute approximate surface area is 285 Å². The van der Waals surface area contributed by atoms with Crippen LogP contribution in [-0.2, 0) is 38.1 Å². The molecule has 10 nitrogen and oxygen atoms in total. The summed E-state index contributed by atoms with van der Waals surface area (Å²) >= 11 is 0. The molecule has 0 aliphatic carbocycles. The lowest BCUT2D eigenvalue weighted by molar-refractivity contribution is -0.159. The molecule has 0 atom stereocenters. The maximum Gasteiger partial charge on any atom is 0.305 e. The molecule has 0 aliphatic rings. The van der Waals surface area contributed by atoms with Crippen molar-refractivity contribution in [3.63, 3.8) is 0 Å². The monoisotopic (exact) mass is 672 g/mol. The van der Waals surface area contributed by atoms with Gasteiger partial charge in [-0.05, 0) is 38.5 Å². The summed E-state index contributed by atoms with van der Waals surface area (Å²) in [5.74, 6) is -1.24. The van der Waals surface area contributed by atoms with Crippen LogP contribution < -0.4 is 0 Å². The molecule has 0 bridgehead atoms. The van der Waals surface area contributed by atoms with Crippen LogP contribution in [0.15, 0.2) is 0 Å². The van der Waals surface area contributed by atoms with E-state index in [2.05, 4.69) is 13.8 Å². The van der Waals surface area contributed by atoms with Crippen molar-refractivity contribution in [2.45, 2.75) is 168 Å². The van der Waals surface area contributed by atoms with Crippen molar-refractivity contribution in [3.8, 4) is 0 Å². The predicted octanol–water partition coefficient (Wildman–Crippen LogP) is 7.53. The number of unbranched alkanes of at least 4 members (excludes halogenated alkanes) is 16. The molecule has 0 aromatic carbocycles. The number of hydrogen-bond donors (Lipinski definition) is 2. The van der Waals surface area contributed by atoms with Gasteiger partial charge in [0.25, 0.3) is 0 Å². The Morgan fingerprint density at radius 2 is 0.681 bits per heavy atom. The number of hydrogen-bond acceptors (Lipinski definition) is 10. The first-order chi connectivity index (χ1) is 22.8. The van der Waals surface area contributed by atoms with Crippen LogP contribution in [0.4, 0.5) is 0 Å². The number of aliphatic hydroxyl groups is 2. The Hall–Kier alpha value is -2.20. The highest BCUT2D eigenvalue weighted by Gasteiger charge is 2.33. The fourth-order valence-corrected chi connectivity index (χ4v) is 4.95. The second-order valence-electron chi connectivity index (χ2n) is 12.9. The van der Waals surface area contributed by atoms with Gasteiger partial charge in [-0.25, -0.2) is 0 Å². The van der Waals surface area contributed by atoms with Crippen LogP contribution in [0.5, 0.6) is 0 Å². The molecule has 0 heterocycles. The minimum absolute atomic E-state index is 0.171. The predicted molar refractivity (Wildman–Crippen MR) is 183 cm³/mol. The van der Waals surface area contributed by atoms with Gasteiger partial charge in [-0.15, -0.1) is 0 Å². The standard InChI is InChI=1S/C37H68O10/c1-3-5-7-9-15-21-27-44-33(40)23-17-11-13-19-25-35(42)46-31-37(29-38,30-39)32-47-36(43)26-20-14-12-18-24-34(41)45-28-22-16-10-8-6-4-2/h38-39H,3-32H2,1-2H3.